The molecular weight excluding hydrogens is 298 g/mol. The van der Waals surface area contributed by atoms with Crippen LogP contribution in [0.3, 0.4) is 0 Å². The molecule has 1 N–H and O–H groups in total. The van der Waals surface area contributed by atoms with Crippen molar-refractivity contribution in [1.29, 1.82) is 0 Å². The van der Waals surface area contributed by atoms with E-state index in [2.05, 4.69) is 58.4 Å². The highest BCUT2D eigenvalue weighted by atomic mass is 16.1. The summed E-state index contributed by atoms with van der Waals surface area (Å²) in [7, 11) is 0. The van der Waals surface area contributed by atoms with Crippen molar-refractivity contribution in [2.45, 2.75) is 32.2 Å². The molecule has 0 spiro atoms. The third-order valence-electron chi connectivity index (χ3n) is 4.23. The second-order valence-electron chi connectivity index (χ2n) is 5.93. The number of aryl methyl sites for hydroxylation is 3. The number of para-hydroxylation sites is 2. The summed E-state index contributed by atoms with van der Waals surface area (Å²) in [6.07, 6.45) is 4.69. The molecule has 0 unspecified atom stereocenters. The summed E-state index contributed by atoms with van der Waals surface area (Å²) in [4.78, 5) is 15.2. The number of aromatic nitrogens is 2. The smallest absolute Gasteiger partial charge is 0.207 e. The molecule has 1 aromatic heterocycles. The van der Waals surface area contributed by atoms with E-state index in [0.717, 1.165) is 50.0 Å². The van der Waals surface area contributed by atoms with Crippen LogP contribution in [-0.4, -0.2) is 22.5 Å². The highest BCUT2D eigenvalue weighted by Crippen LogP contribution is 2.18. The first kappa shape index (κ1) is 16.2. The standard InChI is InChI=1S/C20H23N3O/c24-16-21-14-6-13-20-22-18-11-4-5-12-19(18)23(20)15-7-10-17-8-2-1-3-9-17/h1-5,8-9,11-12,16H,6-7,10,13-15H2,(H,21,24). The van der Waals surface area contributed by atoms with Gasteiger partial charge in [0.05, 0.1) is 11.0 Å². The Morgan fingerprint density at radius 3 is 2.58 bits per heavy atom. The fraction of sp³-hybridized carbons (Fsp3) is 0.300. The highest BCUT2D eigenvalue weighted by molar-refractivity contribution is 5.75. The Bertz CT molecular complexity index is 780. The van der Waals surface area contributed by atoms with E-state index in [1.54, 1.807) is 0 Å². The number of benzene rings is 2. The van der Waals surface area contributed by atoms with E-state index in [4.69, 9.17) is 4.98 Å². The molecule has 3 rings (SSSR count). The lowest BCUT2D eigenvalue weighted by atomic mass is 10.1. The summed E-state index contributed by atoms with van der Waals surface area (Å²) in [5, 5.41) is 2.72. The van der Waals surface area contributed by atoms with Crippen LogP contribution >= 0.6 is 0 Å². The number of rotatable bonds is 9. The van der Waals surface area contributed by atoms with E-state index in [-0.39, 0.29) is 0 Å². The molecule has 124 valence electrons. The number of hydrogen-bond donors (Lipinski definition) is 1. The van der Waals surface area contributed by atoms with Crippen molar-refractivity contribution in [3.05, 3.63) is 66.0 Å². The van der Waals surface area contributed by atoms with E-state index >= 15 is 0 Å². The van der Waals surface area contributed by atoms with Crippen LogP contribution in [0.5, 0.6) is 0 Å². The van der Waals surface area contributed by atoms with E-state index in [1.807, 2.05) is 6.07 Å². The van der Waals surface area contributed by atoms with Gasteiger partial charge in [-0.3, -0.25) is 4.79 Å². The van der Waals surface area contributed by atoms with Crippen LogP contribution in [0.2, 0.25) is 0 Å². The maximum Gasteiger partial charge on any atom is 0.207 e. The Morgan fingerprint density at radius 2 is 1.75 bits per heavy atom. The van der Waals surface area contributed by atoms with E-state index in [9.17, 15) is 4.79 Å². The first-order chi connectivity index (χ1) is 11.9. The lowest BCUT2D eigenvalue weighted by Crippen LogP contribution is -2.14. The molecule has 4 heteroatoms. The maximum atomic E-state index is 10.4. The molecule has 0 aliphatic carbocycles. The molecule has 0 saturated heterocycles. The largest absolute Gasteiger partial charge is 0.359 e. The van der Waals surface area contributed by atoms with Crippen LogP contribution < -0.4 is 5.32 Å². The van der Waals surface area contributed by atoms with E-state index in [0.29, 0.717) is 6.54 Å². The summed E-state index contributed by atoms with van der Waals surface area (Å²) in [5.41, 5.74) is 3.62. The summed E-state index contributed by atoms with van der Waals surface area (Å²) in [6.45, 7) is 1.66. The zero-order valence-corrected chi connectivity index (χ0v) is 13.8. The van der Waals surface area contributed by atoms with Crippen molar-refractivity contribution in [2.75, 3.05) is 6.54 Å². The van der Waals surface area contributed by atoms with Crippen molar-refractivity contribution in [3.8, 4) is 0 Å². The molecule has 0 atom stereocenters. The molecule has 0 bridgehead atoms. The zero-order valence-electron chi connectivity index (χ0n) is 13.8. The number of hydrogen-bond acceptors (Lipinski definition) is 2. The monoisotopic (exact) mass is 321 g/mol. The van der Waals surface area contributed by atoms with Crippen molar-refractivity contribution >= 4 is 17.4 Å². The van der Waals surface area contributed by atoms with Crippen molar-refractivity contribution in [3.63, 3.8) is 0 Å². The lowest BCUT2D eigenvalue weighted by molar-refractivity contribution is -0.109. The molecule has 2 aromatic carbocycles. The Hall–Kier alpha value is -2.62. The molecule has 0 saturated carbocycles. The third-order valence-corrected chi connectivity index (χ3v) is 4.23. The van der Waals surface area contributed by atoms with Gasteiger partial charge in [-0.05, 0) is 37.0 Å². The van der Waals surface area contributed by atoms with Gasteiger partial charge in [-0.2, -0.15) is 0 Å². The number of amides is 1. The van der Waals surface area contributed by atoms with Crippen LogP contribution in [0.25, 0.3) is 11.0 Å². The summed E-state index contributed by atoms with van der Waals surface area (Å²) in [6, 6.07) is 18.9. The molecule has 0 fully saturated rings. The molecular formula is C20H23N3O. The van der Waals surface area contributed by atoms with E-state index < -0.39 is 0 Å². The summed E-state index contributed by atoms with van der Waals surface area (Å²) < 4.78 is 2.33. The molecule has 1 heterocycles. The number of fused-ring (bicyclic) bond motifs is 1. The molecule has 24 heavy (non-hydrogen) atoms. The second-order valence-corrected chi connectivity index (χ2v) is 5.93. The molecule has 1 amide bonds. The number of carbonyl (C=O) groups is 1. The number of carbonyl (C=O) groups excluding carboxylic acids is 1. The summed E-state index contributed by atoms with van der Waals surface area (Å²) in [5.74, 6) is 1.11. The molecule has 0 aliphatic heterocycles. The first-order valence-corrected chi connectivity index (χ1v) is 8.53. The van der Waals surface area contributed by atoms with Gasteiger partial charge < -0.3 is 9.88 Å². The predicted octanol–water partition coefficient (Wildman–Crippen LogP) is 3.35. The number of imidazole rings is 1. The Balaban J connectivity index is 1.70. The van der Waals surface area contributed by atoms with Gasteiger partial charge in [0, 0.05) is 19.5 Å². The molecule has 0 radical (unpaired) electrons. The van der Waals surface area contributed by atoms with Crippen LogP contribution in [-0.2, 0) is 24.2 Å². The van der Waals surface area contributed by atoms with Gasteiger partial charge in [0.1, 0.15) is 5.82 Å². The molecule has 3 aromatic rings. The van der Waals surface area contributed by atoms with Gasteiger partial charge >= 0.3 is 0 Å². The first-order valence-electron chi connectivity index (χ1n) is 8.53. The third kappa shape index (κ3) is 4.02. The summed E-state index contributed by atoms with van der Waals surface area (Å²) >= 11 is 0. The SMILES string of the molecule is O=CNCCCc1nc2ccccc2n1CCCc1ccccc1. The van der Waals surface area contributed by atoms with Crippen LogP contribution in [0.1, 0.15) is 24.2 Å². The zero-order chi connectivity index (χ0) is 16.6. The quantitative estimate of drug-likeness (QED) is 0.485. The van der Waals surface area contributed by atoms with Gasteiger partial charge in [-0.15, -0.1) is 0 Å². The fourth-order valence-corrected chi connectivity index (χ4v) is 3.06. The predicted molar refractivity (Wildman–Crippen MR) is 96.9 cm³/mol. The fourth-order valence-electron chi connectivity index (χ4n) is 3.06. The minimum absolute atomic E-state index is 0.691. The van der Waals surface area contributed by atoms with Crippen molar-refractivity contribution in [2.24, 2.45) is 0 Å². The average Bonchev–Trinajstić information content (AvgIpc) is 2.97. The Morgan fingerprint density at radius 1 is 0.958 bits per heavy atom. The average molecular weight is 321 g/mol. The van der Waals surface area contributed by atoms with Gasteiger partial charge in [0.15, 0.2) is 0 Å². The van der Waals surface area contributed by atoms with Crippen LogP contribution in [0.4, 0.5) is 0 Å². The Labute approximate surface area is 142 Å². The highest BCUT2D eigenvalue weighted by Gasteiger charge is 2.09. The number of nitrogens with zero attached hydrogens (tertiary/aromatic N) is 2. The van der Waals surface area contributed by atoms with Gasteiger partial charge in [0.2, 0.25) is 6.41 Å². The minimum Gasteiger partial charge on any atom is -0.359 e. The van der Waals surface area contributed by atoms with Crippen molar-refractivity contribution in [1.82, 2.24) is 14.9 Å². The topological polar surface area (TPSA) is 46.9 Å². The molecule has 0 aliphatic rings. The second kappa shape index (κ2) is 8.29. The lowest BCUT2D eigenvalue weighted by Gasteiger charge is -2.09. The number of nitrogens with one attached hydrogen (secondary N) is 1. The van der Waals surface area contributed by atoms with Gasteiger partial charge in [0.25, 0.3) is 0 Å². The van der Waals surface area contributed by atoms with Gasteiger partial charge in [-0.1, -0.05) is 42.5 Å². The molecule has 4 nitrogen and oxygen atoms in total. The maximum absolute atomic E-state index is 10.4. The van der Waals surface area contributed by atoms with Crippen molar-refractivity contribution < 1.29 is 4.79 Å². The van der Waals surface area contributed by atoms with E-state index in [1.165, 1.54) is 11.1 Å². The minimum atomic E-state index is 0.691. The normalized spacial score (nSPS) is 10.8. The van der Waals surface area contributed by atoms with Gasteiger partial charge in [-0.25, -0.2) is 4.98 Å². The Kier molecular flexibility index (Phi) is 5.61. The van der Waals surface area contributed by atoms with Crippen LogP contribution in [0, 0.1) is 0 Å². The van der Waals surface area contributed by atoms with Crippen LogP contribution in [0.15, 0.2) is 54.6 Å².